The second-order valence-electron chi connectivity index (χ2n) is 5.41. The summed E-state index contributed by atoms with van der Waals surface area (Å²) in [5.74, 6) is 0. The van der Waals surface area contributed by atoms with E-state index < -0.39 is 0 Å². The molecule has 94 valence electrons. The first-order valence-corrected chi connectivity index (χ1v) is 7.18. The summed E-state index contributed by atoms with van der Waals surface area (Å²) < 4.78 is 0. The normalized spacial score (nSPS) is 19.1. The molecule has 0 saturated heterocycles. The number of benzene rings is 1. The average molecular weight is 231 g/mol. The van der Waals surface area contributed by atoms with Crippen LogP contribution >= 0.6 is 0 Å². The Bertz CT molecular complexity index is 305. The fourth-order valence-corrected chi connectivity index (χ4v) is 2.66. The van der Waals surface area contributed by atoms with Crippen LogP contribution in [0.25, 0.3) is 0 Å². The van der Waals surface area contributed by atoms with E-state index in [2.05, 4.69) is 36.5 Å². The van der Waals surface area contributed by atoms with Gasteiger partial charge in [-0.05, 0) is 31.9 Å². The molecule has 0 heterocycles. The van der Waals surface area contributed by atoms with Crippen LogP contribution in [0.5, 0.6) is 0 Å². The SMILES string of the molecule is Cc1ccc(NC2CCCCCCCC2)cc1. The van der Waals surface area contributed by atoms with E-state index in [4.69, 9.17) is 0 Å². The zero-order valence-corrected chi connectivity index (χ0v) is 11.0. The Kier molecular flexibility index (Phi) is 4.90. The molecular formula is C16H25N. The van der Waals surface area contributed by atoms with Crippen molar-refractivity contribution in [2.45, 2.75) is 64.3 Å². The minimum Gasteiger partial charge on any atom is -0.382 e. The molecule has 1 N–H and O–H groups in total. The highest BCUT2D eigenvalue weighted by atomic mass is 14.9. The molecule has 1 heteroatoms. The molecule has 2 rings (SSSR count). The molecule has 0 unspecified atom stereocenters. The smallest absolute Gasteiger partial charge is 0.0342 e. The third-order valence-corrected chi connectivity index (χ3v) is 3.78. The molecule has 0 atom stereocenters. The molecule has 0 spiro atoms. The number of hydrogen-bond acceptors (Lipinski definition) is 1. The maximum atomic E-state index is 3.70. The number of anilines is 1. The molecule has 1 saturated carbocycles. The van der Waals surface area contributed by atoms with Crippen LogP contribution in [0.4, 0.5) is 5.69 Å². The van der Waals surface area contributed by atoms with Gasteiger partial charge in [0.25, 0.3) is 0 Å². The van der Waals surface area contributed by atoms with Crippen LogP contribution in [-0.2, 0) is 0 Å². The van der Waals surface area contributed by atoms with Crippen LogP contribution in [-0.4, -0.2) is 6.04 Å². The summed E-state index contributed by atoms with van der Waals surface area (Å²) in [7, 11) is 0. The van der Waals surface area contributed by atoms with Gasteiger partial charge in [0, 0.05) is 11.7 Å². The number of rotatable bonds is 2. The van der Waals surface area contributed by atoms with Gasteiger partial charge in [0.15, 0.2) is 0 Å². The maximum Gasteiger partial charge on any atom is 0.0342 e. The lowest BCUT2D eigenvalue weighted by molar-refractivity contribution is 0.563. The number of hydrogen-bond donors (Lipinski definition) is 1. The molecule has 17 heavy (non-hydrogen) atoms. The lowest BCUT2D eigenvalue weighted by Gasteiger charge is -2.19. The van der Waals surface area contributed by atoms with Crippen LogP contribution in [0.1, 0.15) is 56.9 Å². The van der Waals surface area contributed by atoms with Gasteiger partial charge in [-0.3, -0.25) is 0 Å². The highest BCUT2D eigenvalue weighted by Crippen LogP contribution is 2.20. The van der Waals surface area contributed by atoms with Crippen LogP contribution < -0.4 is 5.32 Å². The van der Waals surface area contributed by atoms with Gasteiger partial charge < -0.3 is 5.32 Å². The van der Waals surface area contributed by atoms with Crippen LogP contribution in [0.3, 0.4) is 0 Å². The summed E-state index contributed by atoms with van der Waals surface area (Å²) in [5.41, 5.74) is 2.63. The van der Waals surface area contributed by atoms with Gasteiger partial charge in [-0.2, -0.15) is 0 Å². The molecule has 1 aliphatic rings. The highest BCUT2D eigenvalue weighted by Gasteiger charge is 2.10. The van der Waals surface area contributed by atoms with E-state index in [1.165, 1.54) is 62.6 Å². The van der Waals surface area contributed by atoms with Gasteiger partial charge >= 0.3 is 0 Å². The standard InChI is InChI=1S/C16H25N/c1-14-10-12-16(13-11-14)17-15-8-6-4-2-3-5-7-9-15/h10-13,15,17H,2-9H2,1H3. The molecule has 0 bridgehead atoms. The molecule has 0 aliphatic heterocycles. The van der Waals surface area contributed by atoms with Gasteiger partial charge in [-0.25, -0.2) is 0 Å². The van der Waals surface area contributed by atoms with E-state index in [1.54, 1.807) is 0 Å². The van der Waals surface area contributed by atoms with Crippen LogP contribution in [0, 0.1) is 6.92 Å². The van der Waals surface area contributed by atoms with Gasteiger partial charge in [-0.15, -0.1) is 0 Å². The van der Waals surface area contributed by atoms with Crippen molar-refractivity contribution in [3.63, 3.8) is 0 Å². The van der Waals surface area contributed by atoms with E-state index in [-0.39, 0.29) is 0 Å². The largest absolute Gasteiger partial charge is 0.382 e. The van der Waals surface area contributed by atoms with E-state index >= 15 is 0 Å². The predicted molar refractivity (Wildman–Crippen MR) is 75.5 cm³/mol. The van der Waals surface area contributed by atoms with Crippen LogP contribution in [0.2, 0.25) is 0 Å². The Morgan fingerprint density at radius 2 is 1.35 bits per heavy atom. The van der Waals surface area contributed by atoms with E-state index in [0.717, 1.165) is 0 Å². The van der Waals surface area contributed by atoms with E-state index in [0.29, 0.717) is 6.04 Å². The zero-order valence-electron chi connectivity index (χ0n) is 11.0. The van der Waals surface area contributed by atoms with Crippen molar-refractivity contribution in [3.8, 4) is 0 Å². The second kappa shape index (κ2) is 6.68. The molecule has 0 amide bonds. The van der Waals surface area contributed by atoms with Crippen molar-refractivity contribution >= 4 is 5.69 Å². The first-order valence-electron chi connectivity index (χ1n) is 7.18. The molecular weight excluding hydrogens is 206 g/mol. The van der Waals surface area contributed by atoms with Crippen molar-refractivity contribution in [1.82, 2.24) is 0 Å². The lowest BCUT2D eigenvalue weighted by atomic mass is 10.0. The quantitative estimate of drug-likeness (QED) is 0.762. The molecule has 1 aliphatic carbocycles. The minimum atomic E-state index is 0.691. The average Bonchev–Trinajstić information content (AvgIpc) is 2.46. The fourth-order valence-electron chi connectivity index (χ4n) is 2.66. The first kappa shape index (κ1) is 12.5. The Hall–Kier alpha value is -0.980. The Morgan fingerprint density at radius 1 is 0.824 bits per heavy atom. The van der Waals surface area contributed by atoms with Gasteiger partial charge in [0.05, 0.1) is 0 Å². The molecule has 1 aromatic rings. The molecule has 1 fully saturated rings. The van der Waals surface area contributed by atoms with Crippen LogP contribution in [0.15, 0.2) is 24.3 Å². The van der Waals surface area contributed by atoms with Crippen molar-refractivity contribution < 1.29 is 0 Å². The Labute approximate surface area is 106 Å². The van der Waals surface area contributed by atoms with E-state index in [1.807, 2.05) is 0 Å². The van der Waals surface area contributed by atoms with E-state index in [9.17, 15) is 0 Å². The van der Waals surface area contributed by atoms with Crippen molar-refractivity contribution in [2.24, 2.45) is 0 Å². The highest BCUT2D eigenvalue weighted by molar-refractivity contribution is 5.45. The number of aryl methyl sites for hydroxylation is 1. The number of nitrogens with one attached hydrogen (secondary N) is 1. The minimum absolute atomic E-state index is 0.691. The van der Waals surface area contributed by atoms with Crippen molar-refractivity contribution in [3.05, 3.63) is 29.8 Å². The molecule has 0 radical (unpaired) electrons. The summed E-state index contributed by atoms with van der Waals surface area (Å²) in [6.45, 7) is 2.14. The summed E-state index contributed by atoms with van der Waals surface area (Å²) in [6.07, 6.45) is 11.2. The first-order chi connectivity index (χ1) is 8.34. The maximum absolute atomic E-state index is 3.70. The lowest BCUT2D eigenvalue weighted by Crippen LogP contribution is -2.19. The zero-order chi connectivity index (χ0) is 11.9. The van der Waals surface area contributed by atoms with Gasteiger partial charge in [0.2, 0.25) is 0 Å². The monoisotopic (exact) mass is 231 g/mol. The fraction of sp³-hybridized carbons (Fsp3) is 0.625. The predicted octanol–water partition coefficient (Wildman–Crippen LogP) is 4.91. The summed E-state index contributed by atoms with van der Waals surface area (Å²) in [4.78, 5) is 0. The Balaban J connectivity index is 1.88. The molecule has 1 aromatic carbocycles. The van der Waals surface area contributed by atoms with Gasteiger partial charge in [0.1, 0.15) is 0 Å². The molecule has 1 nitrogen and oxygen atoms in total. The summed E-state index contributed by atoms with van der Waals surface area (Å²) in [5, 5.41) is 3.70. The van der Waals surface area contributed by atoms with Gasteiger partial charge in [-0.1, -0.05) is 56.2 Å². The third-order valence-electron chi connectivity index (χ3n) is 3.78. The summed E-state index contributed by atoms with van der Waals surface area (Å²) in [6, 6.07) is 9.50. The second-order valence-corrected chi connectivity index (χ2v) is 5.41. The topological polar surface area (TPSA) is 12.0 Å². The summed E-state index contributed by atoms with van der Waals surface area (Å²) >= 11 is 0. The third kappa shape index (κ3) is 4.41. The molecule has 0 aromatic heterocycles. The Morgan fingerprint density at radius 3 is 1.94 bits per heavy atom. The van der Waals surface area contributed by atoms with Crippen molar-refractivity contribution in [1.29, 1.82) is 0 Å². The van der Waals surface area contributed by atoms with Crippen molar-refractivity contribution in [2.75, 3.05) is 5.32 Å².